The Labute approximate surface area is 152 Å². The van der Waals surface area contributed by atoms with E-state index in [9.17, 15) is 18.3 Å². The first-order chi connectivity index (χ1) is 12.3. The Morgan fingerprint density at radius 2 is 1.54 bits per heavy atom. The molecule has 0 saturated carbocycles. The highest BCUT2D eigenvalue weighted by Crippen LogP contribution is 2.36. The first kappa shape index (κ1) is 18.5. The predicted molar refractivity (Wildman–Crippen MR) is 94.2 cm³/mol. The van der Waals surface area contributed by atoms with Crippen LogP contribution >= 0.6 is 11.8 Å². The van der Waals surface area contributed by atoms with Crippen LogP contribution in [0.4, 0.5) is 13.2 Å². The second-order valence-corrected chi connectivity index (χ2v) is 6.85. The van der Waals surface area contributed by atoms with Gasteiger partial charge in [-0.15, -0.1) is 10.2 Å². The van der Waals surface area contributed by atoms with Crippen LogP contribution in [0.2, 0.25) is 0 Å². The summed E-state index contributed by atoms with van der Waals surface area (Å²) in [5.74, 6) is -0.0676. The molecule has 1 atom stereocenters. The number of hydrogen-bond acceptors (Lipinski definition) is 4. The third-order valence-corrected chi connectivity index (χ3v) is 5.00. The zero-order valence-electron chi connectivity index (χ0n) is 13.8. The Morgan fingerprint density at radius 1 is 0.962 bits per heavy atom. The van der Waals surface area contributed by atoms with Crippen molar-refractivity contribution in [2.24, 2.45) is 0 Å². The van der Waals surface area contributed by atoms with Gasteiger partial charge in [0, 0.05) is 17.0 Å². The number of alkyl halides is 3. The van der Waals surface area contributed by atoms with Crippen molar-refractivity contribution in [2.45, 2.75) is 23.9 Å². The van der Waals surface area contributed by atoms with Gasteiger partial charge >= 0.3 is 6.18 Å². The minimum atomic E-state index is -4.72. The Kier molecular flexibility index (Phi) is 5.06. The van der Waals surface area contributed by atoms with E-state index in [2.05, 4.69) is 10.2 Å². The summed E-state index contributed by atoms with van der Waals surface area (Å²) in [6.07, 6.45) is -4.72. The molecule has 136 valence electrons. The van der Waals surface area contributed by atoms with E-state index >= 15 is 0 Å². The van der Waals surface area contributed by atoms with Crippen LogP contribution in [0.3, 0.4) is 0 Å². The third-order valence-electron chi connectivity index (χ3n) is 3.77. The molecule has 0 bridgehead atoms. The van der Waals surface area contributed by atoms with Crippen molar-refractivity contribution in [1.29, 1.82) is 0 Å². The van der Waals surface area contributed by atoms with Gasteiger partial charge < -0.3 is 5.11 Å². The summed E-state index contributed by atoms with van der Waals surface area (Å²) in [5, 5.41) is 18.2. The number of benzene rings is 2. The van der Waals surface area contributed by atoms with E-state index < -0.39 is 17.5 Å². The van der Waals surface area contributed by atoms with Gasteiger partial charge in [0.05, 0.1) is 0 Å². The summed E-state index contributed by atoms with van der Waals surface area (Å²) in [4.78, 5) is 0. The van der Waals surface area contributed by atoms with Crippen LogP contribution in [0.15, 0.2) is 65.8 Å². The van der Waals surface area contributed by atoms with Gasteiger partial charge in [0.25, 0.3) is 0 Å². The standard InChI is InChI=1S/C18H16F3N3OS/c1-17(25,18(19,20)21)12-26-16-23-22-15(13-8-4-2-5-9-13)24(16)14-10-6-3-7-11-14/h2-11,25H,12H2,1H3. The average molecular weight is 379 g/mol. The monoisotopic (exact) mass is 379 g/mol. The Morgan fingerprint density at radius 3 is 2.12 bits per heavy atom. The van der Waals surface area contributed by atoms with Crippen molar-refractivity contribution in [2.75, 3.05) is 5.75 Å². The zero-order valence-corrected chi connectivity index (χ0v) is 14.6. The number of para-hydroxylation sites is 1. The number of thioether (sulfide) groups is 1. The highest BCUT2D eigenvalue weighted by molar-refractivity contribution is 7.99. The zero-order chi connectivity index (χ0) is 18.8. The largest absolute Gasteiger partial charge is 0.417 e. The molecule has 0 aliphatic rings. The summed E-state index contributed by atoms with van der Waals surface area (Å²) in [6, 6.07) is 18.4. The molecule has 26 heavy (non-hydrogen) atoms. The van der Waals surface area contributed by atoms with Gasteiger partial charge in [-0.2, -0.15) is 13.2 Å². The molecule has 1 aromatic heterocycles. The number of aromatic nitrogens is 3. The SMILES string of the molecule is CC(O)(CSc1nnc(-c2ccccc2)n1-c1ccccc1)C(F)(F)F. The van der Waals surface area contributed by atoms with Crippen molar-refractivity contribution in [1.82, 2.24) is 14.8 Å². The van der Waals surface area contributed by atoms with Crippen molar-refractivity contribution in [3.05, 3.63) is 60.7 Å². The number of nitrogens with zero attached hydrogens (tertiary/aromatic N) is 3. The lowest BCUT2D eigenvalue weighted by atomic mass is 10.1. The molecule has 2 aromatic carbocycles. The van der Waals surface area contributed by atoms with E-state index in [-0.39, 0.29) is 5.16 Å². The molecular formula is C18H16F3N3OS. The summed E-state index contributed by atoms with van der Waals surface area (Å²) in [7, 11) is 0. The summed E-state index contributed by atoms with van der Waals surface area (Å²) in [6.45, 7) is 0.751. The lowest BCUT2D eigenvalue weighted by molar-refractivity contribution is -0.242. The molecule has 8 heteroatoms. The van der Waals surface area contributed by atoms with Crippen molar-refractivity contribution in [3.63, 3.8) is 0 Å². The first-order valence-corrected chi connectivity index (χ1v) is 8.76. The van der Waals surface area contributed by atoms with Crippen LogP contribution in [0.25, 0.3) is 17.1 Å². The number of halogens is 3. The van der Waals surface area contributed by atoms with E-state index in [0.29, 0.717) is 5.82 Å². The second kappa shape index (κ2) is 7.13. The van der Waals surface area contributed by atoms with Crippen molar-refractivity contribution >= 4 is 11.8 Å². The number of aliphatic hydroxyl groups is 1. The van der Waals surface area contributed by atoms with Crippen LogP contribution in [0.5, 0.6) is 0 Å². The highest BCUT2D eigenvalue weighted by atomic mass is 32.2. The van der Waals surface area contributed by atoms with E-state index in [1.807, 2.05) is 60.7 Å². The molecule has 0 aliphatic heterocycles. The molecule has 1 heterocycles. The van der Waals surface area contributed by atoms with Gasteiger partial charge in [-0.05, 0) is 19.1 Å². The molecule has 0 amide bonds. The van der Waals surface area contributed by atoms with Gasteiger partial charge in [-0.1, -0.05) is 60.3 Å². The molecule has 0 saturated heterocycles. The normalized spacial score (nSPS) is 14.2. The average Bonchev–Trinajstić information content (AvgIpc) is 3.04. The maximum Gasteiger partial charge on any atom is 0.417 e. The second-order valence-electron chi connectivity index (χ2n) is 5.90. The third kappa shape index (κ3) is 3.76. The fourth-order valence-electron chi connectivity index (χ4n) is 2.23. The van der Waals surface area contributed by atoms with Gasteiger partial charge in [0.15, 0.2) is 16.6 Å². The molecule has 0 radical (unpaired) electrons. The molecule has 1 unspecified atom stereocenters. The van der Waals surface area contributed by atoms with Gasteiger partial charge in [-0.25, -0.2) is 0 Å². The molecule has 0 spiro atoms. The fourth-order valence-corrected chi connectivity index (χ4v) is 3.23. The molecule has 4 nitrogen and oxygen atoms in total. The highest BCUT2D eigenvalue weighted by Gasteiger charge is 2.50. The Bertz CT molecular complexity index is 864. The van der Waals surface area contributed by atoms with Gasteiger partial charge in [-0.3, -0.25) is 4.57 Å². The Balaban J connectivity index is 2.00. The maximum atomic E-state index is 12.9. The summed E-state index contributed by atoms with van der Waals surface area (Å²) < 4.78 is 40.5. The lowest BCUT2D eigenvalue weighted by Gasteiger charge is -2.25. The predicted octanol–water partition coefficient (Wildman–Crippen LogP) is 4.34. The van der Waals surface area contributed by atoms with Crippen molar-refractivity contribution < 1.29 is 18.3 Å². The van der Waals surface area contributed by atoms with Crippen LogP contribution in [-0.2, 0) is 0 Å². The minimum Gasteiger partial charge on any atom is -0.380 e. The summed E-state index contributed by atoms with van der Waals surface area (Å²) >= 11 is 0.811. The smallest absolute Gasteiger partial charge is 0.380 e. The van der Waals surface area contributed by atoms with Crippen LogP contribution in [-0.4, -0.2) is 37.4 Å². The quantitative estimate of drug-likeness (QED) is 0.670. The lowest BCUT2D eigenvalue weighted by Crippen LogP contribution is -2.44. The number of rotatable bonds is 5. The first-order valence-electron chi connectivity index (χ1n) is 7.78. The molecule has 3 aromatic rings. The molecule has 0 fully saturated rings. The topological polar surface area (TPSA) is 50.9 Å². The van der Waals surface area contributed by atoms with E-state index in [0.717, 1.165) is 29.9 Å². The van der Waals surface area contributed by atoms with Crippen LogP contribution in [0, 0.1) is 0 Å². The summed E-state index contributed by atoms with van der Waals surface area (Å²) in [5.41, 5.74) is -1.30. The Hall–Kier alpha value is -2.32. The van der Waals surface area contributed by atoms with Gasteiger partial charge in [0.2, 0.25) is 0 Å². The molecule has 0 aliphatic carbocycles. The molecular weight excluding hydrogens is 363 g/mol. The molecule has 3 rings (SSSR count). The minimum absolute atomic E-state index is 0.277. The van der Waals surface area contributed by atoms with E-state index in [4.69, 9.17) is 0 Å². The molecule has 1 N–H and O–H groups in total. The van der Waals surface area contributed by atoms with Gasteiger partial charge in [0.1, 0.15) is 0 Å². The van der Waals surface area contributed by atoms with Crippen LogP contribution < -0.4 is 0 Å². The van der Waals surface area contributed by atoms with E-state index in [1.54, 1.807) is 4.57 Å². The number of hydrogen-bond donors (Lipinski definition) is 1. The fraction of sp³-hybridized carbons (Fsp3) is 0.222. The van der Waals surface area contributed by atoms with Crippen LogP contribution in [0.1, 0.15) is 6.92 Å². The maximum absolute atomic E-state index is 12.9. The van der Waals surface area contributed by atoms with Crippen molar-refractivity contribution in [3.8, 4) is 17.1 Å². The van der Waals surface area contributed by atoms with E-state index in [1.165, 1.54) is 0 Å².